The number of alkyl halides is 3. The highest BCUT2D eigenvalue weighted by Gasteiger charge is 2.32. The van der Waals surface area contributed by atoms with E-state index in [0.29, 0.717) is 44.1 Å². The van der Waals surface area contributed by atoms with E-state index in [1.54, 1.807) is 41.3 Å². The van der Waals surface area contributed by atoms with Crippen LogP contribution in [0.3, 0.4) is 0 Å². The van der Waals surface area contributed by atoms with Gasteiger partial charge in [0.05, 0.1) is 30.5 Å². The number of nitrogens with one attached hydrogen (secondary N) is 1. The Morgan fingerprint density at radius 2 is 1.88 bits per heavy atom. The summed E-state index contributed by atoms with van der Waals surface area (Å²) in [7, 11) is 1.81. The van der Waals surface area contributed by atoms with Crippen molar-refractivity contribution >= 4 is 23.0 Å². The Kier molecular flexibility index (Phi) is 9.14. The molecule has 2 aromatic carbocycles. The number of piperazine rings is 1. The number of nitrogens with two attached hydrogens (primary N) is 2. The van der Waals surface area contributed by atoms with Crippen molar-refractivity contribution in [2.75, 3.05) is 42.9 Å². The number of carbonyl (C=O) groups excluding carboxylic acids is 1. The molecule has 4 rings (SSSR count). The van der Waals surface area contributed by atoms with E-state index in [1.807, 2.05) is 25.8 Å². The number of rotatable bonds is 8. The molecule has 1 amide bonds. The SMILES string of the molecule is C#CCN1CCN(c2cc(NC(=O)c3ccc(C)c(CN(N)/C=C(\N)c4cnn(C)c4C)c3)cc(C(F)(F)F)c2)CC1. The molecule has 0 radical (unpaired) electrons. The number of hydrogen-bond donors (Lipinski definition) is 3. The maximum atomic E-state index is 13.8. The summed E-state index contributed by atoms with van der Waals surface area (Å²) < 4.78 is 43.1. The summed E-state index contributed by atoms with van der Waals surface area (Å²) in [5.41, 5.74) is 9.84. The van der Waals surface area contributed by atoms with E-state index in [1.165, 1.54) is 5.01 Å². The second-order valence-corrected chi connectivity index (χ2v) is 10.4. The van der Waals surface area contributed by atoms with Crippen molar-refractivity contribution < 1.29 is 18.0 Å². The van der Waals surface area contributed by atoms with Crippen LogP contribution in [0.5, 0.6) is 0 Å². The third kappa shape index (κ3) is 7.23. The lowest BCUT2D eigenvalue weighted by Crippen LogP contribution is -2.46. The van der Waals surface area contributed by atoms with E-state index in [4.69, 9.17) is 18.0 Å². The van der Waals surface area contributed by atoms with Gasteiger partial charge in [0, 0.05) is 67.6 Å². The monoisotopic (exact) mass is 580 g/mol. The van der Waals surface area contributed by atoms with E-state index in [9.17, 15) is 18.0 Å². The summed E-state index contributed by atoms with van der Waals surface area (Å²) in [6.07, 6.45) is 4.05. The standard InChI is InChI=1S/C30H35F3N8O/c1-5-8-39-9-11-40(12-10-39)26-15-24(30(31,32)33)14-25(16-26)37-29(42)22-7-6-20(2)23(13-22)18-41(35)19-28(34)27-17-36-38(4)21(27)3/h1,6-7,13-17,19H,8-12,18,34-35H2,2-4H3,(H,37,42)/b28-19-. The van der Waals surface area contributed by atoms with Crippen LogP contribution in [-0.2, 0) is 19.8 Å². The van der Waals surface area contributed by atoms with Crippen LogP contribution in [-0.4, -0.2) is 58.3 Å². The number of terminal acetylenes is 1. The van der Waals surface area contributed by atoms with Crippen LogP contribution in [0.25, 0.3) is 5.70 Å². The van der Waals surface area contributed by atoms with Gasteiger partial charge in [0.2, 0.25) is 0 Å². The van der Waals surface area contributed by atoms with Crippen LogP contribution in [0.2, 0.25) is 0 Å². The highest BCUT2D eigenvalue weighted by atomic mass is 19.4. The first-order chi connectivity index (χ1) is 19.8. The summed E-state index contributed by atoms with van der Waals surface area (Å²) in [6.45, 7) is 6.82. The van der Waals surface area contributed by atoms with Crippen LogP contribution in [0, 0.1) is 26.2 Å². The van der Waals surface area contributed by atoms with Crippen LogP contribution in [0.1, 0.15) is 38.3 Å². The van der Waals surface area contributed by atoms with Crippen molar-refractivity contribution in [3.05, 3.63) is 82.3 Å². The molecular weight excluding hydrogens is 545 g/mol. The molecule has 0 saturated carbocycles. The molecule has 0 bridgehead atoms. The zero-order valence-electron chi connectivity index (χ0n) is 23.9. The summed E-state index contributed by atoms with van der Waals surface area (Å²) in [5.74, 6) is 8.27. The molecule has 5 N–H and O–H groups in total. The Morgan fingerprint density at radius 3 is 2.50 bits per heavy atom. The number of amides is 1. The molecule has 1 fully saturated rings. The quantitative estimate of drug-likeness (QED) is 0.212. The number of carbonyl (C=O) groups is 1. The second kappa shape index (κ2) is 12.6. The molecule has 1 aliphatic rings. The third-order valence-electron chi connectivity index (χ3n) is 7.37. The van der Waals surface area contributed by atoms with Crippen LogP contribution in [0.4, 0.5) is 24.5 Å². The Morgan fingerprint density at radius 1 is 1.17 bits per heavy atom. The Balaban J connectivity index is 1.52. The minimum absolute atomic E-state index is 0.0565. The molecular formula is C30H35F3N8O. The smallest absolute Gasteiger partial charge is 0.397 e. The van der Waals surface area contributed by atoms with Crippen LogP contribution < -0.4 is 21.8 Å². The zero-order chi connectivity index (χ0) is 30.6. The summed E-state index contributed by atoms with van der Waals surface area (Å²) in [4.78, 5) is 17.1. The fourth-order valence-electron chi connectivity index (χ4n) is 4.78. The largest absolute Gasteiger partial charge is 0.416 e. The van der Waals surface area contributed by atoms with Gasteiger partial charge in [-0.25, -0.2) is 5.84 Å². The summed E-state index contributed by atoms with van der Waals surface area (Å²) in [6, 6.07) is 8.68. The number of benzene rings is 2. The van der Waals surface area contributed by atoms with Gasteiger partial charge in [-0.2, -0.15) is 18.3 Å². The number of hydrogen-bond acceptors (Lipinski definition) is 7. The molecule has 0 atom stereocenters. The van der Waals surface area contributed by atoms with Gasteiger partial charge in [-0.3, -0.25) is 14.4 Å². The first kappa shape index (κ1) is 30.5. The first-order valence-corrected chi connectivity index (χ1v) is 13.4. The fraction of sp³-hybridized carbons (Fsp3) is 0.333. The number of halogens is 3. The maximum absolute atomic E-state index is 13.8. The number of hydrazine groups is 1. The lowest BCUT2D eigenvalue weighted by Gasteiger charge is -2.35. The predicted octanol–water partition coefficient (Wildman–Crippen LogP) is 3.70. The van der Waals surface area contributed by atoms with Gasteiger partial charge in [-0.05, 0) is 55.3 Å². The normalized spacial score (nSPS) is 14.5. The molecule has 0 spiro atoms. The van der Waals surface area contributed by atoms with Crippen LogP contribution >= 0.6 is 0 Å². The number of aryl methyl sites for hydroxylation is 2. The topological polar surface area (TPSA) is 109 Å². The maximum Gasteiger partial charge on any atom is 0.416 e. The average Bonchev–Trinajstić information content (AvgIpc) is 3.27. The van der Waals surface area contributed by atoms with Gasteiger partial charge < -0.3 is 21.0 Å². The summed E-state index contributed by atoms with van der Waals surface area (Å²) in [5, 5.41) is 8.25. The predicted molar refractivity (Wildman–Crippen MR) is 158 cm³/mol. The first-order valence-electron chi connectivity index (χ1n) is 13.4. The van der Waals surface area contributed by atoms with E-state index in [2.05, 4.69) is 21.2 Å². The van der Waals surface area contributed by atoms with Crippen molar-refractivity contribution in [1.29, 1.82) is 0 Å². The molecule has 0 aliphatic carbocycles. The average molecular weight is 581 g/mol. The molecule has 0 unspecified atom stereocenters. The Hall–Kier alpha value is -4.47. The van der Waals surface area contributed by atoms with Crippen LogP contribution in [0.15, 0.2) is 48.8 Å². The number of anilines is 2. The number of aromatic nitrogens is 2. The lowest BCUT2D eigenvalue weighted by molar-refractivity contribution is -0.137. The molecule has 12 heteroatoms. The van der Waals surface area contributed by atoms with Gasteiger partial charge in [0.1, 0.15) is 0 Å². The van der Waals surface area contributed by atoms with E-state index in [-0.39, 0.29) is 17.8 Å². The van der Waals surface area contributed by atoms with E-state index >= 15 is 0 Å². The van der Waals surface area contributed by atoms with Gasteiger partial charge in [0.25, 0.3) is 5.91 Å². The van der Waals surface area contributed by atoms with Crippen molar-refractivity contribution in [2.24, 2.45) is 18.6 Å². The highest BCUT2D eigenvalue weighted by Crippen LogP contribution is 2.35. The third-order valence-corrected chi connectivity index (χ3v) is 7.37. The second-order valence-electron chi connectivity index (χ2n) is 10.4. The van der Waals surface area contributed by atoms with E-state index in [0.717, 1.165) is 34.5 Å². The van der Waals surface area contributed by atoms with Gasteiger partial charge >= 0.3 is 6.18 Å². The van der Waals surface area contributed by atoms with Gasteiger partial charge in [0.15, 0.2) is 0 Å². The highest BCUT2D eigenvalue weighted by molar-refractivity contribution is 6.04. The fourth-order valence-corrected chi connectivity index (χ4v) is 4.78. The molecule has 9 nitrogen and oxygen atoms in total. The van der Waals surface area contributed by atoms with Crippen molar-refractivity contribution in [2.45, 2.75) is 26.6 Å². The van der Waals surface area contributed by atoms with Crippen molar-refractivity contribution in [3.63, 3.8) is 0 Å². The Bertz CT molecular complexity index is 1510. The van der Waals surface area contributed by atoms with Crippen molar-refractivity contribution in [3.8, 4) is 12.3 Å². The molecule has 1 aliphatic heterocycles. The Labute approximate surface area is 243 Å². The molecule has 3 aromatic rings. The minimum Gasteiger partial charge on any atom is -0.397 e. The van der Waals surface area contributed by atoms with E-state index < -0.39 is 17.6 Å². The van der Waals surface area contributed by atoms with Crippen molar-refractivity contribution in [1.82, 2.24) is 19.7 Å². The number of nitrogens with zero attached hydrogens (tertiary/aromatic N) is 5. The zero-order valence-corrected chi connectivity index (χ0v) is 23.9. The minimum atomic E-state index is -4.58. The molecule has 42 heavy (non-hydrogen) atoms. The van der Waals surface area contributed by atoms with Gasteiger partial charge in [-0.1, -0.05) is 12.0 Å². The lowest BCUT2D eigenvalue weighted by atomic mass is 10.0. The molecule has 2 heterocycles. The van der Waals surface area contributed by atoms with Gasteiger partial charge in [-0.15, -0.1) is 6.42 Å². The molecule has 222 valence electrons. The molecule has 1 saturated heterocycles. The molecule has 1 aromatic heterocycles. The summed E-state index contributed by atoms with van der Waals surface area (Å²) >= 11 is 0.